The number of nitrogens with zero attached hydrogens (tertiary/aromatic N) is 4. The van der Waals surface area contributed by atoms with Crippen LogP contribution in [0.25, 0.3) is 0 Å². The Morgan fingerprint density at radius 3 is 2.65 bits per heavy atom. The van der Waals surface area contributed by atoms with Crippen molar-refractivity contribution in [3.63, 3.8) is 0 Å². The maximum Gasteiger partial charge on any atom is 0.332 e. The van der Waals surface area contributed by atoms with Crippen molar-refractivity contribution >= 4 is 23.1 Å². The minimum Gasteiger partial charge on any atom is -0.363 e. The van der Waals surface area contributed by atoms with Gasteiger partial charge in [-0.15, -0.1) is 0 Å². The van der Waals surface area contributed by atoms with E-state index in [0.29, 0.717) is 6.54 Å². The number of anilines is 1. The van der Waals surface area contributed by atoms with E-state index in [4.69, 9.17) is 11.6 Å². The first kappa shape index (κ1) is 13.6. The van der Waals surface area contributed by atoms with Gasteiger partial charge in [0.1, 0.15) is 5.69 Å². The van der Waals surface area contributed by atoms with Crippen LogP contribution in [0, 0.1) is 17.0 Å². The van der Waals surface area contributed by atoms with E-state index in [9.17, 15) is 10.1 Å². The zero-order valence-electron chi connectivity index (χ0n) is 9.90. The van der Waals surface area contributed by atoms with Crippen molar-refractivity contribution < 1.29 is 4.92 Å². The summed E-state index contributed by atoms with van der Waals surface area (Å²) in [7, 11) is 3.82. The Labute approximate surface area is 104 Å². The average Bonchev–Trinajstić information content (AvgIpc) is 2.14. The smallest absolute Gasteiger partial charge is 0.332 e. The number of halogens is 1. The van der Waals surface area contributed by atoms with Crippen molar-refractivity contribution in [2.75, 3.05) is 32.5 Å². The third kappa shape index (κ3) is 3.79. The molecule has 1 rings (SSSR count). The fourth-order valence-corrected chi connectivity index (χ4v) is 1.48. The van der Waals surface area contributed by atoms with Gasteiger partial charge in [-0.25, -0.2) is 4.98 Å². The minimum atomic E-state index is -0.510. The number of nitro groups is 1. The van der Waals surface area contributed by atoms with E-state index in [1.54, 1.807) is 0 Å². The highest BCUT2D eigenvalue weighted by Gasteiger charge is 2.21. The van der Waals surface area contributed by atoms with Crippen LogP contribution in [0.15, 0.2) is 0 Å². The predicted molar refractivity (Wildman–Crippen MR) is 65.5 cm³/mol. The molecule has 0 aliphatic carbocycles. The van der Waals surface area contributed by atoms with Crippen molar-refractivity contribution in [3.8, 4) is 0 Å². The predicted octanol–water partition coefficient (Wildman–Crippen LogP) is 1.32. The lowest BCUT2D eigenvalue weighted by Gasteiger charge is -2.11. The summed E-state index contributed by atoms with van der Waals surface area (Å²) in [6.07, 6.45) is 0. The number of aromatic nitrogens is 2. The van der Waals surface area contributed by atoms with E-state index in [1.807, 2.05) is 19.0 Å². The van der Waals surface area contributed by atoms with Crippen molar-refractivity contribution in [1.82, 2.24) is 14.9 Å². The van der Waals surface area contributed by atoms with E-state index in [2.05, 4.69) is 15.3 Å². The number of hydrogen-bond donors (Lipinski definition) is 1. The summed E-state index contributed by atoms with van der Waals surface area (Å²) >= 11 is 5.67. The first-order chi connectivity index (χ1) is 7.91. The maximum absolute atomic E-state index is 10.9. The molecule has 1 aromatic rings. The molecule has 17 heavy (non-hydrogen) atoms. The molecule has 1 aromatic heterocycles. The molecule has 0 unspecified atom stereocenters. The summed E-state index contributed by atoms with van der Waals surface area (Å²) in [4.78, 5) is 19.9. The van der Waals surface area contributed by atoms with Gasteiger partial charge in [-0.1, -0.05) is 0 Å². The Kier molecular flexibility index (Phi) is 4.59. The van der Waals surface area contributed by atoms with Gasteiger partial charge in [0.15, 0.2) is 0 Å². The third-order valence-electron chi connectivity index (χ3n) is 2.07. The van der Waals surface area contributed by atoms with Gasteiger partial charge in [-0.2, -0.15) is 4.98 Å². The Bertz CT molecular complexity index is 424. The molecule has 0 bridgehead atoms. The number of rotatable bonds is 5. The largest absolute Gasteiger partial charge is 0.363 e. The molecule has 7 nitrogen and oxygen atoms in total. The molecular formula is C9H14ClN5O2. The molecule has 1 N–H and O–H groups in total. The van der Waals surface area contributed by atoms with E-state index in [1.165, 1.54) is 6.92 Å². The minimum absolute atomic E-state index is 0.000420. The topological polar surface area (TPSA) is 84.2 Å². The van der Waals surface area contributed by atoms with E-state index >= 15 is 0 Å². The van der Waals surface area contributed by atoms with Crippen LogP contribution < -0.4 is 5.32 Å². The molecule has 0 aliphatic rings. The molecule has 0 saturated heterocycles. The highest BCUT2D eigenvalue weighted by atomic mass is 35.5. The molecule has 0 atom stereocenters. The lowest BCUT2D eigenvalue weighted by atomic mass is 10.3. The highest BCUT2D eigenvalue weighted by Crippen LogP contribution is 2.26. The lowest BCUT2D eigenvalue weighted by Crippen LogP contribution is -2.21. The van der Waals surface area contributed by atoms with Crippen molar-refractivity contribution in [3.05, 3.63) is 21.1 Å². The lowest BCUT2D eigenvalue weighted by molar-refractivity contribution is -0.385. The van der Waals surface area contributed by atoms with Crippen molar-refractivity contribution in [2.45, 2.75) is 6.92 Å². The second-order valence-electron chi connectivity index (χ2n) is 3.76. The summed E-state index contributed by atoms with van der Waals surface area (Å²) in [5.74, 6) is 0.161. The normalized spacial score (nSPS) is 10.6. The number of hydrogen-bond acceptors (Lipinski definition) is 6. The quantitative estimate of drug-likeness (QED) is 0.488. The molecule has 8 heteroatoms. The summed E-state index contributed by atoms with van der Waals surface area (Å²) in [6, 6.07) is 0. The van der Waals surface area contributed by atoms with Crippen LogP contribution in [0.1, 0.15) is 5.69 Å². The van der Waals surface area contributed by atoms with Gasteiger partial charge in [0.05, 0.1) is 4.92 Å². The van der Waals surface area contributed by atoms with Gasteiger partial charge in [-0.3, -0.25) is 10.1 Å². The molecule has 0 aliphatic heterocycles. The highest BCUT2D eigenvalue weighted by molar-refractivity contribution is 6.28. The summed E-state index contributed by atoms with van der Waals surface area (Å²) < 4.78 is 0. The van der Waals surface area contributed by atoms with Crippen LogP contribution in [0.5, 0.6) is 0 Å². The molecule has 0 aromatic carbocycles. The maximum atomic E-state index is 10.9. The van der Waals surface area contributed by atoms with Crippen LogP contribution in [-0.2, 0) is 0 Å². The van der Waals surface area contributed by atoms with Gasteiger partial charge in [0.2, 0.25) is 11.1 Å². The Balaban J connectivity index is 2.92. The molecule has 1 heterocycles. The number of nitrogens with one attached hydrogen (secondary N) is 1. The molecular weight excluding hydrogens is 246 g/mol. The van der Waals surface area contributed by atoms with Gasteiger partial charge >= 0.3 is 5.69 Å². The molecule has 0 spiro atoms. The fraction of sp³-hybridized carbons (Fsp3) is 0.556. The SMILES string of the molecule is Cc1nc(Cl)nc(NCCN(C)C)c1[N+](=O)[O-]. The number of likely N-dealkylation sites (N-methyl/N-ethyl adjacent to an activating group) is 1. The molecule has 0 fully saturated rings. The first-order valence-electron chi connectivity index (χ1n) is 4.99. The third-order valence-corrected chi connectivity index (χ3v) is 2.23. The van der Waals surface area contributed by atoms with Crippen LogP contribution in [-0.4, -0.2) is 47.0 Å². The summed E-state index contributed by atoms with van der Waals surface area (Å²) in [5.41, 5.74) is 0.121. The van der Waals surface area contributed by atoms with Gasteiger partial charge < -0.3 is 10.2 Å². The Morgan fingerprint density at radius 1 is 1.47 bits per heavy atom. The van der Waals surface area contributed by atoms with Gasteiger partial charge in [-0.05, 0) is 32.6 Å². The zero-order chi connectivity index (χ0) is 13.0. The second-order valence-corrected chi connectivity index (χ2v) is 4.10. The average molecular weight is 260 g/mol. The Hall–Kier alpha value is -1.47. The summed E-state index contributed by atoms with van der Waals surface area (Å²) in [5, 5.41) is 13.8. The van der Waals surface area contributed by atoms with E-state index in [-0.39, 0.29) is 22.5 Å². The fourth-order valence-electron chi connectivity index (χ4n) is 1.27. The van der Waals surface area contributed by atoms with Crippen LogP contribution in [0.3, 0.4) is 0 Å². The zero-order valence-corrected chi connectivity index (χ0v) is 10.7. The van der Waals surface area contributed by atoms with Crippen molar-refractivity contribution in [1.29, 1.82) is 0 Å². The van der Waals surface area contributed by atoms with Crippen LogP contribution >= 0.6 is 11.6 Å². The molecule has 0 saturated carbocycles. The monoisotopic (exact) mass is 259 g/mol. The molecule has 0 amide bonds. The van der Waals surface area contributed by atoms with Crippen LogP contribution in [0.2, 0.25) is 5.28 Å². The standard InChI is InChI=1S/C9H14ClN5O2/c1-6-7(15(16)17)8(13-9(10)12-6)11-4-5-14(2)3/h4-5H2,1-3H3,(H,11,12,13). The second kappa shape index (κ2) is 5.74. The number of aryl methyl sites for hydroxylation is 1. The van der Waals surface area contributed by atoms with Crippen LogP contribution in [0.4, 0.5) is 11.5 Å². The van der Waals surface area contributed by atoms with Gasteiger partial charge in [0, 0.05) is 13.1 Å². The van der Waals surface area contributed by atoms with E-state index < -0.39 is 4.92 Å². The van der Waals surface area contributed by atoms with Gasteiger partial charge in [0.25, 0.3) is 0 Å². The summed E-state index contributed by atoms with van der Waals surface area (Å²) in [6.45, 7) is 2.81. The van der Waals surface area contributed by atoms with Crippen molar-refractivity contribution in [2.24, 2.45) is 0 Å². The first-order valence-corrected chi connectivity index (χ1v) is 5.36. The Morgan fingerprint density at radius 2 is 2.12 bits per heavy atom. The molecule has 94 valence electrons. The van der Waals surface area contributed by atoms with E-state index in [0.717, 1.165) is 6.54 Å². The molecule has 0 radical (unpaired) electrons.